The monoisotopic (exact) mass is 370 g/mol. The molecule has 0 atom stereocenters. The number of ether oxygens (including phenoxy) is 2. The third-order valence-corrected chi connectivity index (χ3v) is 3.84. The van der Waals surface area contributed by atoms with Gasteiger partial charge in [0.2, 0.25) is 5.91 Å². The van der Waals surface area contributed by atoms with Crippen LogP contribution in [0.25, 0.3) is 11.1 Å². The number of hydrogen-bond acceptors (Lipinski definition) is 6. The lowest BCUT2D eigenvalue weighted by atomic mass is 10.2. The van der Waals surface area contributed by atoms with Gasteiger partial charge in [0.1, 0.15) is 12.3 Å². The molecule has 0 spiro atoms. The Kier molecular flexibility index (Phi) is 5.25. The fourth-order valence-electron chi connectivity index (χ4n) is 2.61. The van der Waals surface area contributed by atoms with Crippen LogP contribution in [-0.2, 0) is 16.1 Å². The third-order valence-electron chi connectivity index (χ3n) is 3.84. The number of anilines is 1. The van der Waals surface area contributed by atoms with Gasteiger partial charge in [0.25, 0.3) is 0 Å². The molecule has 1 N–H and O–H groups in total. The van der Waals surface area contributed by atoms with Gasteiger partial charge in [0, 0.05) is 5.69 Å². The van der Waals surface area contributed by atoms with Gasteiger partial charge in [-0.05, 0) is 49.4 Å². The lowest BCUT2D eigenvalue weighted by Crippen LogP contribution is -2.24. The minimum atomic E-state index is -0.686. The lowest BCUT2D eigenvalue weighted by Gasteiger charge is -2.07. The van der Waals surface area contributed by atoms with E-state index in [0.717, 1.165) is 0 Å². The minimum Gasteiger partial charge on any atom is -0.494 e. The van der Waals surface area contributed by atoms with Crippen molar-refractivity contribution in [2.45, 2.75) is 13.5 Å². The van der Waals surface area contributed by atoms with Gasteiger partial charge < -0.3 is 19.2 Å². The number of amides is 1. The first-order valence-corrected chi connectivity index (χ1v) is 8.26. The Hall–Kier alpha value is -3.55. The number of aromatic nitrogens is 1. The predicted molar refractivity (Wildman–Crippen MR) is 98.1 cm³/mol. The van der Waals surface area contributed by atoms with Crippen LogP contribution >= 0.6 is 0 Å². The Bertz CT molecular complexity index is 1030. The second kappa shape index (κ2) is 7.77. The topological polar surface area (TPSA) is 99.8 Å². The van der Waals surface area contributed by atoms with E-state index in [1.807, 2.05) is 6.92 Å². The SMILES string of the molecule is CCOc1ccc(NC(=O)Cn2c(=O)oc3cc(C(=O)OC)ccc32)cc1. The highest BCUT2D eigenvalue weighted by molar-refractivity contribution is 5.94. The maximum atomic E-state index is 12.3. The highest BCUT2D eigenvalue weighted by Gasteiger charge is 2.15. The van der Waals surface area contributed by atoms with E-state index in [0.29, 0.717) is 23.6 Å². The average Bonchev–Trinajstić information content (AvgIpc) is 2.97. The summed E-state index contributed by atoms with van der Waals surface area (Å²) in [4.78, 5) is 35.9. The predicted octanol–water partition coefficient (Wildman–Crippen LogP) is 2.42. The van der Waals surface area contributed by atoms with E-state index in [9.17, 15) is 14.4 Å². The van der Waals surface area contributed by atoms with Crippen LogP contribution in [0.15, 0.2) is 51.7 Å². The van der Waals surface area contributed by atoms with Gasteiger partial charge in [-0.2, -0.15) is 0 Å². The number of rotatable bonds is 6. The quantitative estimate of drug-likeness (QED) is 0.669. The van der Waals surface area contributed by atoms with Crippen LogP contribution < -0.4 is 15.8 Å². The van der Waals surface area contributed by atoms with E-state index >= 15 is 0 Å². The van der Waals surface area contributed by atoms with Crippen molar-refractivity contribution in [1.82, 2.24) is 4.57 Å². The van der Waals surface area contributed by atoms with Gasteiger partial charge in [-0.3, -0.25) is 9.36 Å². The zero-order valence-corrected chi connectivity index (χ0v) is 14.9. The zero-order valence-electron chi connectivity index (χ0n) is 14.9. The second-order valence-electron chi connectivity index (χ2n) is 5.63. The van der Waals surface area contributed by atoms with Crippen molar-refractivity contribution in [3.63, 3.8) is 0 Å². The van der Waals surface area contributed by atoms with Crippen LogP contribution in [-0.4, -0.2) is 30.2 Å². The van der Waals surface area contributed by atoms with E-state index in [-0.39, 0.29) is 23.6 Å². The fourth-order valence-corrected chi connectivity index (χ4v) is 2.61. The van der Waals surface area contributed by atoms with Crippen molar-refractivity contribution >= 4 is 28.7 Å². The minimum absolute atomic E-state index is 0.205. The molecule has 27 heavy (non-hydrogen) atoms. The molecule has 0 unspecified atom stereocenters. The molecule has 0 fully saturated rings. The largest absolute Gasteiger partial charge is 0.494 e. The number of methoxy groups -OCH3 is 1. The summed E-state index contributed by atoms with van der Waals surface area (Å²) in [5.41, 5.74) is 1.45. The molecule has 0 aliphatic heterocycles. The Balaban J connectivity index is 1.77. The van der Waals surface area contributed by atoms with Crippen LogP contribution in [0, 0.1) is 0 Å². The number of oxazole rings is 1. The molecule has 0 saturated carbocycles. The molecule has 1 amide bonds. The normalized spacial score (nSPS) is 10.6. The van der Waals surface area contributed by atoms with Gasteiger partial charge in [0.05, 0.1) is 24.8 Å². The second-order valence-corrected chi connectivity index (χ2v) is 5.63. The third kappa shape index (κ3) is 4.00. The van der Waals surface area contributed by atoms with E-state index in [2.05, 4.69) is 10.1 Å². The van der Waals surface area contributed by atoms with Crippen molar-refractivity contribution in [2.75, 3.05) is 19.0 Å². The highest BCUT2D eigenvalue weighted by atomic mass is 16.5. The summed E-state index contributed by atoms with van der Waals surface area (Å²) < 4.78 is 16.3. The average molecular weight is 370 g/mol. The lowest BCUT2D eigenvalue weighted by molar-refractivity contribution is -0.116. The number of nitrogens with zero attached hydrogens (tertiary/aromatic N) is 1. The molecule has 2 aromatic carbocycles. The van der Waals surface area contributed by atoms with E-state index < -0.39 is 11.7 Å². The molecular weight excluding hydrogens is 352 g/mol. The van der Waals surface area contributed by atoms with Crippen LogP contribution in [0.3, 0.4) is 0 Å². The van der Waals surface area contributed by atoms with Crippen molar-refractivity contribution in [1.29, 1.82) is 0 Å². The van der Waals surface area contributed by atoms with Crippen molar-refractivity contribution in [3.8, 4) is 5.75 Å². The molecule has 0 radical (unpaired) electrons. The molecule has 1 heterocycles. The molecule has 3 aromatic rings. The molecule has 0 saturated heterocycles. The number of benzene rings is 2. The summed E-state index contributed by atoms with van der Waals surface area (Å²) >= 11 is 0. The van der Waals surface area contributed by atoms with Gasteiger partial charge in [-0.15, -0.1) is 0 Å². The van der Waals surface area contributed by atoms with E-state index in [4.69, 9.17) is 9.15 Å². The smallest absolute Gasteiger partial charge is 0.420 e. The van der Waals surface area contributed by atoms with Crippen LogP contribution in [0.1, 0.15) is 17.3 Å². The zero-order chi connectivity index (χ0) is 19.4. The van der Waals surface area contributed by atoms with Crippen LogP contribution in [0.4, 0.5) is 5.69 Å². The Labute approximate surface area is 154 Å². The molecule has 3 rings (SSSR count). The molecule has 0 aliphatic carbocycles. The molecule has 0 bridgehead atoms. The van der Waals surface area contributed by atoms with Crippen molar-refractivity contribution in [2.24, 2.45) is 0 Å². The Morgan fingerprint density at radius 3 is 2.56 bits per heavy atom. The maximum absolute atomic E-state index is 12.3. The van der Waals surface area contributed by atoms with Crippen molar-refractivity contribution in [3.05, 3.63) is 58.6 Å². The molecule has 1 aromatic heterocycles. The summed E-state index contributed by atoms with van der Waals surface area (Å²) in [6.07, 6.45) is 0. The first-order valence-electron chi connectivity index (χ1n) is 8.26. The number of nitrogens with one attached hydrogen (secondary N) is 1. The highest BCUT2D eigenvalue weighted by Crippen LogP contribution is 2.17. The van der Waals surface area contributed by atoms with Gasteiger partial charge in [0.15, 0.2) is 5.58 Å². The molecule has 8 nitrogen and oxygen atoms in total. The Morgan fingerprint density at radius 1 is 1.15 bits per heavy atom. The number of carbonyl (C=O) groups excluding carboxylic acids is 2. The first kappa shape index (κ1) is 18.2. The number of fused-ring (bicyclic) bond motifs is 1. The molecule has 0 aliphatic rings. The van der Waals surface area contributed by atoms with E-state index in [1.165, 1.54) is 29.9 Å². The molecule has 8 heteroatoms. The fraction of sp³-hybridized carbons (Fsp3) is 0.211. The van der Waals surface area contributed by atoms with Gasteiger partial charge in [-0.25, -0.2) is 9.59 Å². The van der Waals surface area contributed by atoms with Crippen LogP contribution in [0.2, 0.25) is 0 Å². The van der Waals surface area contributed by atoms with E-state index in [1.54, 1.807) is 24.3 Å². The summed E-state index contributed by atoms with van der Waals surface area (Å²) in [5, 5.41) is 2.71. The van der Waals surface area contributed by atoms with Gasteiger partial charge in [-0.1, -0.05) is 0 Å². The van der Waals surface area contributed by atoms with Crippen molar-refractivity contribution < 1.29 is 23.5 Å². The maximum Gasteiger partial charge on any atom is 0.420 e. The molecular formula is C19H18N2O6. The molecule has 140 valence electrons. The van der Waals surface area contributed by atoms with Gasteiger partial charge >= 0.3 is 11.7 Å². The summed E-state index contributed by atoms with van der Waals surface area (Å²) in [5.74, 6) is -0.913. The number of carbonyl (C=O) groups is 2. The standard InChI is InChI=1S/C19H18N2O6/c1-3-26-14-7-5-13(6-8-14)20-17(22)11-21-15-9-4-12(18(23)25-2)10-16(15)27-19(21)24/h4-10H,3,11H2,1-2H3,(H,20,22). The first-order chi connectivity index (χ1) is 13.0. The van der Waals surface area contributed by atoms with Crippen LogP contribution in [0.5, 0.6) is 5.75 Å². The summed E-state index contributed by atoms with van der Waals surface area (Å²) in [6.45, 7) is 2.22. The summed E-state index contributed by atoms with van der Waals surface area (Å²) in [6, 6.07) is 11.4. The number of esters is 1. The number of hydrogen-bond donors (Lipinski definition) is 1. The summed E-state index contributed by atoms with van der Waals surface area (Å²) in [7, 11) is 1.26. The Morgan fingerprint density at radius 2 is 1.89 bits per heavy atom.